The summed E-state index contributed by atoms with van der Waals surface area (Å²) in [6.07, 6.45) is 6.30. The van der Waals surface area contributed by atoms with Crippen LogP contribution in [0.3, 0.4) is 0 Å². The zero-order chi connectivity index (χ0) is 11.4. The summed E-state index contributed by atoms with van der Waals surface area (Å²) in [7, 11) is 0. The number of halogens is 1. The lowest BCUT2D eigenvalue weighted by atomic mass is 9.87. The third-order valence-corrected chi connectivity index (χ3v) is 3.69. The number of aromatic nitrogens is 1. The van der Waals surface area contributed by atoms with Crippen LogP contribution in [0.15, 0.2) is 18.3 Å². The number of pyridine rings is 1. The first kappa shape index (κ1) is 11.7. The molecule has 0 aliphatic heterocycles. The Hall–Kier alpha value is -0.800. The summed E-state index contributed by atoms with van der Waals surface area (Å²) < 4.78 is 0. The molecule has 0 unspecified atom stereocenters. The first-order valence-electron chi connectivity index (χ1n) is 5.71. The van der Waals surface area contributed by atoms with Gasteiger partial charge in [-0.05, 0) is 25.0 Å². The SMILES string of the molecule is OCC1(CNc2ncccc2Cl)CCCC1. The lowest BCUT2D eigenvalue weighted by Gasteiger charge is -2.27. The molecule has 88 valence electrons. The molecule has 1 aliphatic rings. The molecule has 1 fully saturated rings. The molecule has 0 amide bonds. The number of nitrogens with zero attached hydrogens (tertiary/aromatic N) is 1. The number of hydrogen-bond donors (Lipinski definition) is 2. The van der Waals surface area contributed by atoms with Crippen LogP contribution in [0.4, 0.5) is 5.82 Å². The van der Waals surface area contributed by atoms with Crippen LogP contribution in [0, 0.1) is 5.41 Å². The number of aliphatic hydroxyl groups is 1. The van der Waals surface area contributed by atoms with Crippen molar-refractivity contribution in [3.05, 3.63) is 23.4 Å². The highest BCUT2D eigenvalue weighted by Crippen LogP contribution is 2.37. The fourth-order valence-corrected chi connectivity index (χ4v) is 2.49. The van der Waals surface area contributed by atoms with Crippen molar-refractivity contribution in [3.63, 3.8) is 0 Å². The van der Waals surface area contributed by atoms with Crippen LogP contribution in [0.1, 0.15) is 25.7 Å². The highest BCUT2D eigenvalue weighted by molar-refractivity contribution is 6.32. The molecule has 0 bridgehead atoms. The van der Waals surface area contributed by atoms with Crippen LogP contribution in [-0.4, -0.2) is 23.2 Å². The molecule has 16 heavy (non-hydrogen) atoms. The van der Waals surface area contributed by atoms with Gasteiger partial charge in [-0.2, -0.15) is 0 Å². The number of aliphatic hydroxyl groups excluding tert-OH is 1. The lowest BCUT2D eigenvalue weighted by Crippen LogP contribution is -2.30. The van der Waals surface area contributed by atoms with Crippen molar-refractivity contribution in [1.82, 2.24) is 4.98 Å². The van der Waals surface area contributed by atoms with Gasteiger partial charge in [0.25, 0.3) is 0 Å². The van der Waals surface area contributed by atoms with E-state index in [2.05, 4.69) is 10.3 Å². The number of hydrogen-bond acceptors (Lipinski definition) is 3. The van der Waals surface area contributed by atoms with E-state index >= 15 is 0 Å². The van der Waals surface area contributed by atoms with E-state index in [1.54, 1.807) is 6.20 Å². The smallest absolute Gasteiger partial charge is 0.144 e. The minimum atomic E-state index is 0.0286. The van der Waals surface area contributed by atoms with Gasteiger partial charge in [0, 0.05) is 18.2 Å². The minimum absolute atomic E-state index is 0.0286. The Bertz CT molecular complexity index is 351. The van der Waals surface area contributed by atoms with Crippen LogP contribution < -0.4 is 5.32 Å². The zero-order valence-electron chi connectivity index (χ0n) is 9.25. The zero-order valence-corrected chi connectivity index (χ0v) is 10.0. The van der Waals surface area contributed by atoms with Gasteiger partial charge in [-0.15, -0.1) is 0 Å². The molecule has 0 spiro atoms. The van der Waals surface area contributed by atoms with Gasteiger partial charge in [-0.25, -0.2) is 4.98 Å². The van der Waals surface area contributed by atoms with E-state index in [0.29, 0.717) is 10.8 Å². The summed E-state index contributed by atoms with van der Waals surface area (Å²) in [6, 6.07) is 3.63. The highest BCUT2D eigenvalue weighted by Gasteiger charge is 2.33. The fraction of sp³-hybridized carbons (Fsp3) is 0.583. The summed E-state index contributed by atoms with van der Waals surface area (Å²) >= 11 is 6.01. The molecule has 0 atom stereocenters. The first-order valence-corrected chi connectivity index (χ1v) is 6.09. The number of anilines is 1. The molecule has 3 nitrogen and oxygen atoms in total. The molecule has 1 aromatic rings. The Kier molecular flexibility index (Phi) is 3.66. The van der Waals surface area contributed by atoms with Gasteiger partial charge < -0.3 is 10.4 Å². The van der Waals surface area contributed by atoms with Crippen LogP contribution in [0.5, 0.6) is 0 Å². The normalized spacial score (nSPS) is 18.6. The molecular formula is C12H17ClN2O. The predicted octanol–water partition coefficient (Wildman–Crippen LogP) is 2.70. The third kappa shape index (κ3) is 2.47. The molecule has 0 radical (unpaired) electrons. The molecule has 1 saturated carbocycles. The van der Waals surface area contributed by atoms with E-state index in [-0.39, 0.29) is 12.0 Å². The van der Waals surface area contributed by atoms with E-state index in [0.717, 1.165) is 19.4 Å². The maximum Gasteiger partial charge on any atom is 0.144 e. The summed E-state index contributed by atoms with van der Waals surface area (Å²) in [5, 5.41) is 13.3. The molecular weight excluding hydrogens is 224 g/mol. The van der Waals surface area contributed by atoms with E-state index in [1.807, 2.05) is 12.1 Å². The van der Waals surface area contributed by atoms with Crippen molar-refractivity contribution < 1.29 is 5.11 Å². The first-order chi connectivity index (χ1) is 7.76. The molecule has 1 aromatic heterocycles. The van der Waals surface area contributed by atoms with Gasteiger partial charge in [0.15, 0.2) is 0 Å². The molecule has 0 saturated heterocycles. The quantitative estimate of drug-likeness (QED) is 0.851. The maximum atomic E-state index is 9.47. The Morgan fingerprint density at radius 2 is 2.19 bits per heavy atom. The Labute approximate surface area is 101 Å². The second kappa shape index (κ2) is 5.02. The van der Waals surface area contributed by atoms with Crippen molar-refractivity contribution >= 4 is 17.4 Å². The lowest BCUT2D eigenvalue weighted by molar-refractivity contribution is 0.142. The van der Waals surface area contributed by atoms with E-state index in [9.17, 15) is 5.11 Å². The molecule has 4 heteroatoms. The maximum absolute atomic E-state index is 9.47. The van der Waals surface area contributed by atoms with Gasteiger partial charge in [-0.3, -0.25) is 0 Å². The second-order valence-corrected chi connectivity index (χ2v) is 4.96. The van der Waals surface area contributed by atoms with Gasteiger partial charge in [-0.1, -0.05) is 24.4 Å². The van der Waals surface area contributed by atoms with Gasteiger partial charge in [0.05, 0.1) is 11.6 Å². The molecule has 2 N–H and O–H groups in total. The van der Waals surface area contributed by atoms with Crippen molar-refractivity contribution in [2.45, 2.75) is 25.7 Å². The average Bonchev–Trinajstić information content (AvgIpc) is 2.78. The summed E-state index contributed by atoms with van der Waals surface area (Å²) in [6.45, 7) is 0.991. The summed E-state index contributed by atoms with van der Waals surface area (Å²) in [5.74, 6) is 0.712. The molecule has 1 aliphatic carbocycles. The van der Waals surface area contributed by atoms with E-state index in [4.69, 9.17) is 11.6 Å². The Balaban J connectivity index is 1.98. The highest BCUT2D eigenvalue weighted by atomic mass is 35.5. The average molecular weight is 241 g/mol. The van der Waals surface area contributed by atoms with Crippen molar-refractivity contribution in [2.75, 3.05) is 18.5 Å². The predicted molar refractivity (Wildman–Crippen MR) is 65.7 cm³/mol. The van der Waals surface area contributed by atoms with Crippen LogP contribution >= 0.6 is 11.6 Å². The monoisotopic (exact) mass is 240 g/mol. The van der Waals surface area contributed by atoms with E-state index in [1.165, 1.54) is 12.8 Å². The van der Waals surface area contributed by atoms with Crippen LogP contribution in [0.2, 0.25) is 5.02 Å². The van der Waals surface area contributed by atoms with Gasteiger partial charge in [0.2, 0.25) is 0 Å². The van der Waals surface area contributed by atoms with Crippen molar-refractivity contribution in [2.24, 2.45) is 5.41 Å². The van der Waals surface area contributed by atoms with Crippen LogP contribution in [0.25, 0.3) is 0 Å². The number of rotatable bonds is 4. The Morgan fingerprint density at radius 1 is 1.44 bits per heavy atom. The van der Waals surface area contributed by atoms with Crippen molar-refractivity contribution in [1.29, 1.82) is 0 Å². The van der Waals surface area contributed by atoms with Gasteiger partial charge in [0.1, 0.15) is 5.82 Å². The largest absolute Gasteiger partial charge is 0.396 e. The Morgan fingerprint density at radius 3 is 2.81 bits per heavy atom. The summed E-state index contributed by atoms with van der Waals surface area (Å²) in [5.41, 5.74) is 0.0286. The van der Waals surface area contributed by atoms with Gasteiger partial charge >= 0.3 is 0 Å². The van der Waals surface area contributed by atoms with Crippen LogP contribution in [-0.2, 0) is 0 Å². The minimum Gasteiger partial charge on any atom is -0.396 e. The standard InChI is InChI=1S/C12H17ClN2O/c13-10-4-3-7-14-11(10)15-8-12(9-16)5-1-2-6-12/h3-4,7,16H,1-2,5-6,8-9H2,(H,14,15). The second-order valence-electron chi connectivity index (χ2n) is 4.55. The molecule has 0 aromatic carbocycles. The van der Waals surface area contributed by atoms with Crippen molar-refractivity contribution in [3.8, 4) is 0 Å². The number of nitrogens with one attached hydrogen (secondary N) is 1. The topological polar surface area (TPSA) is 45.1 Å². The van der Waals surface area contributed by atoms with E-state index < -0.39 is 0 Å². The molecule has 1 heterocycles. The third-order valence-electron chi connectivity index (χ3n) is 3.39. The summed E-state index contributed by atoms with van der Waals surface area (Å²) in [4.78, 5) is 4.18. The fourth-order valence-electron chi connectivity index (χ4n) is 2.30. The molecule has 2 rings (SSSR count).